The van der Waals surface area contributed by atoms with Gasteiger partial charge in [0, 0.05) is 18.8 Å². The number of hydrogen-bond acceptors (Lipinski definition) is 3. The molecule has 0 saturated carbocycles. The van der Waals surface area contributed by atoms with E-state index >= 15 is 0 Å². The highest BCUT2D eigenvalue weighted by Gasteiger charge is 2.40. The van der Waals surface area contributed by atoms with Crippen LogP contribution >= 0.6 is 0 Å². The molecule has 0 atom stereocenters. The van der Waals surface area contributed by atoms with E-state index in [1.54, 1.807) is 0 Å². The summed E-state index contributed by atoms with van der Waals surface area (Å²) >= 11 is 0. The molecule has 0 aliphatic carbocycles. The van der Waals surface area contributed by atoms with Crippen LogP contribution in [0.3, 0.4) is 0 Å². The van der Waals surface area contributed by atoms with E-state index in [1.807, 2.05) is 24.3 Å². The van der Waals surface area contributed by atoms with Gasteiger partial charge in [-0.15, -0.1) is 0 Å². The van der Waals surface area contributed by atoms with Gasteiger partial charge in [-0.3, -0.25) is 0 Å². The minimum Gasteiger partial charge on any atom is -0.386 e. The molecule has 3 nitrogen and oxygen atoms in total. The molecule has 2 rings (SSSR count). The van der Waals surface area contributed by atoms with Crippen LogP contribution in [0.15, 0.2) is 24.3 Å². The lowest BCUT2D eigenvalue weighted by Gasteiger charge is -2.48. The van der Waals surface area contributed by atoms with Gasteiger partial charge in [-0.25, -0.2) is 0 Å². The zero-order valence-electron chi connectivity index (χ0n) is 9.48. The highest BCUT2D eigenvalue weighted by atomic mass is 16.3. The molecule has 1 heterocycles. The van der Waals surface area contributed by atoms with Crippen LogP contribution in [0.25, 0.3) is 0 Å². The van der Waals surface area contributed by atoms with Crippen molar-refractivity contribution in [3.05, 3.63) is 29.8 Å². The summed E-state index contributed by atoms with van der Waals surface area (Å²) in [4.78, 5) is 2.14. The lowest BCUT2D eigenvalue weighted by Crippen LogP contribution is -2.61. The predicted molar refractivity (Wildman–Crippen MR) is 63.2 cm³/mol. The van der Waals surface area contributed by atoms with E-state index in [9.17, 15) is 5.11 Å². The third kappa shape index (κ3) is 2.02. The molecule has 3 heteroatoms. The van der Waals surface area contributed by atoms with E-state index in [0.717, 1.165) is 18.5 Å². The number of aliphatic hydroxyl groups is 1. The Morgan fingerprint density at radius 3 is 2.50 bits per heavy atom. The number of nitriles is 1. The second-order valence-electron chi connectivity index (χ2n) is 4.49. The van der Waals surface area contributed by atoms with Crippen LogP contribution in [-0.2, 0) is 0 Å². The first-order valence-corrected chi connectivity index (χ1v) is 5.64. The van der Waals surface area contributed by atoms with Crippen molar-refractivity contribution in [1.29, 1.82) is 5.26 Å². The Morgan fingerprint density at radius 1 is 1.38 bits per heavy atom. The molecule has 1 N–H and O–H groups in total. The zero-order chi connectivity index (χ0) is 11.6. The van der Waals surface area contributed by atoms with Crippen molar-refractivity contribution in [2.45, 2.75) is 25.4 Å². The molecular formula is C13H16N2O. The van der Waals surface area contributed by atoms with Gasteiger partial charge < -0.3 is 10.0 Å². The van der Waals surface area contributed by atoms with Crippen molar-refractivity contribution in [1.82, 2.24) is 0 Å². The number of hydrogen-bond donors (Lipinski definition) is 1. The maximum atomic E-state index is 10.0. The van der Waals surface area contributed by atoms with Crippen LogP contribution < -0.4 is 4.90 Å². The van der Waals surface area contributed by atoms with Crippen molar-refractivity contribution < 1.29 is 5.11 Å². The summed E-state index contributed by atoms with van der Waals surface area (Å²) in [5.41, 5.74) is 1.26. The van der Waals surface area contributed by atoms with Crippen molar-refractivity contribution in [3.63, 3.8) is 0 Å². The SMILES string of the molecule is CCCC1(O)CN(c2ccc(C#N)cc2)C1. The molecule has 84 valence electrons. The summed E-state index contributed by atoms with van der Waals surface area (Å²) in [6.45, 7) is 3.49. The molecule has 0 radical (unpaired) electrons. The Balaban J connectivity index is 1.99. The van der Waals surface area contributed by atoms with Gasteiger partial charge in [0.1, 0.15) is 0 Å². The largest absolute Gasteiger partial charge is 0.386 e. The number of nitrogens with zero attached hydrogens (tertiary/aromatic N) is 2. The summed E-state index contributed by atoms with van der Waals surface area (Å²) < 4.78 is 0. The highest BCUT2D eigenvalue weighted by Crippen LogP contribution is 2.30. The van der Waals surface area contributed by atoms with E-state index in [-0.39, 0.29) is 0 Å². The van der Waals surface area contributed by atoms with Gasteiger partial charge in [0.05, 0.1) is 17.2 Å². The number of benzene rings is 1. The molecule has 0 unspecified atom stereocenters. The molecule has 1 saturated heterocycles. The molecule has 16 heavy (non-hydrogen) atoms. The van der Waals surface area contributed by atoms with Crippen LogP contribution in [0.4, 0.5) is 5.69 Å². The summed E-state index contributed by atoms with van der Waals surface area (Å²) in [6.07, 6.45) is 1.87. The summed E-state index contributed by atoms with van der Waals surface area (Å²) in [5.74, 6) is 0. The van der Waals surface area contributed by atoms with E-state index < -0.39 is 5.60 Å². The maximum Gasteiger partial charge on any atom is 0.0995 e. The molecule has 0 bridgehead atoms. The third-order valence-electron chi connectivity index (χ3n) is 3.05. The molecule has 1 aromatic rings. The molecular weight excluding hydrogens is 200 g/mol. The average Bonchev–Trinajstić information content (AvgIpc) is 2.26. The molecule has 1 aromatic carbocycles. The van der Waals surface area contributed by atoms with E-state index in [1.165, 1.54) is 0 Å². The van der Waals surface area contributed by atoms with Gasteiger partial charge in [-0.05, 0) is 30.7 Å². The molecule has 0 amide bonds. The quantitative estimate of drug-likeness (QED) is 0.839. The first-order valence-electron chi connectivity index (χ1n) is 5.64. The van der Waals surface area contributed by atoms with Crippen LogP contribution in [0.1, 0.15) is 25.3 Å². The molecule has 1 aliphatic heterocycles. The average molecular weight is 216 g/mol. The third-order valence-corrected chi connectivity index (χ3v) is 3.05. The first kappa shape index (κ1) is 11.0. The monoisotopic (exact) mass is 216 g/mol. The Bertz CT molecular complexity index is 399. The number of rotatable bonds is 3. The van der Waals surface area contributed by atoms with E-state index in [0.29, 0.717) is 18.7 Å². The lowest BCUT2D eigenvalue weighted by atomic mass is 9.89. The van der Waals surface area contributed by atoms with Crippen molar-refractivity contribution >= 4 is 5.69 Å². The van der Waals surface area contributed by atoms with Gasteiger partial charge in [0.2, 0.25) is 0 Å². The van der Waals surface area contributed by atoms with Gasteiger partial charge in [-0.2, -0.15) is 5.26 Å². The summed E-state index contributed by atoms with van der Waals surface area (Å²) in [7, 11) is 0. The number of β-amino-alcohol motifs (C(OH)–C–C–N with tert-alkyl or cyclic N) is 1. The maximum absolute atomic E-state index is 10.0. The van der Waals surface area contributed by atoms with Crippen LogP contribution in [0, 0.1) is 11.3 Å². The fourth-order valence-electron chi connectivity index (χ4n) is 2.22. The minimum atomic E-state index is -0.497. The summed E-state index contributed by atoms with van der Waals surface area (Å²) in [6, 6.07) is 9.59. The van der Waals surface area contributed by atoms with Crippen molar-refractivity contribution in [3.8, 4) is 6.07 Å². The van der Waals surface area contributed by atoms with Gasteiger partial charge >= 0.3 is 0 Å². The summed E-state index contributed by atoms with van der Waals surface area (Å²) in [5, 5.41) is 18.7. The van der Waals surface area contributed by atoms with E-state index in [4.69, 9.17) is 5.26 Å². The first-order chi connectivity index (χ1) is 7.67. The normalized spacial score (nSPS) is 17.7. The van der Waals surface area contributed by atoms with Crippen molar-refractivity contribution in [2.24, 2.45) is 0 Å². The Labute approximate surface area is 95.9 Å². The van der Waals surface area contributed by atoms with Gasteiger partial charge in [0.15, 0.2) is 0 Å². The Hall–Kier alpha value is -1.53. The minimum absolute atomic E-state index is 0.497. The zero-order valence-corrected chi connectivity index (χ0v) is 9.48. The van der Waals surface area contributed by atoms with E-state index in [2.05, 4.69) is 17.9 Å². The molecule has 1 aliphatic rings. The van der Waals surface area contributed by atoms with Crippen LogP contribution in [0.2, 0.25) is 0 Å². The standard InChI is InChI=1S/C13H16N2O/c1-2-7-13(16)9-15(10-13)12-5-3-11(8-14)4-6-12/h3-6,16H,2,7,9-10H2,1H3. The van der Waals surface area contributed by atoms with Crippen LogP contribution in [-0.4, -0.2) is 23.8 Å². The molecule has 1 fully saturated rings. The fourth-order valence-corrected chi connectivity index (χ4v) is 2.22. The molecule has 0 spiro atoms. The Morgan fingerprint density at radius 2 is 2.00 bits per heavy atom. The lowest BCUT2D eigenvalue weighted by molar-refractivity contribution is 0.00340. The Kier molecular flexibility index (Phi) is 2.84. The smallest absolute Gasteiger partial charge is 0.0995 e. The predicted octanol–water partition coefficient (Wildman–Crippen LogP) is 1.91. The second kappa shape index (κ2) is 4.15. The highest BCUT2D eigenvalue weighted by molar-refractivity contribution is 5.52. The second-order valence-corrected chi connectivity index (χ2v) is 4.49. The topological polar surface area (TPSA) is 47.3 Å². The van der Waals surface area contributed by atoms with Gasteiger partial charge in [-0.1, -0.05) is 13.3 Å². The van der Waals surface area contributed by atoms with Gasteiger partial charge in [0.25, 0.3) is 0 Å². The van der Waals surface area contributed by atoms with Crippen molar-refractivity contribution in [2.75, 3.05) is 18.0 Å². The number of anilines is 1. The molecule has 0 aromatic heterocycles. The fraction of sp³-hybridized carbons (Fsp3) is 0.462. The van der Waals surface area contributed by atoms with Crippen LogP contribution in [0.5, 0.6) is 0 Å².